The largest absolute Gasteiger partial charge is 0.493 e. The van der Waals surface area contributed by atoms with Crippen LogP contribution in [0.5, 0.6) is 17.2 Å². The zero-order valence-corrected chi connectivity index (χ0v) is 14.2. The van der Waals surface area contributed by atoms with Crippen LogP contribution in [0, 0.1) is 0 Å². The smallest absolute Gasteiger partial charge is 0.416 e. The molecule has 0 radical (unpaired) electrons. The molecule has 0 amide bonds. The van der Waals surface area contributed by atoms with Gasteiger partial charge in [-0.25, -0.2) is 0 Å². The van der Waals surface area contributed by atoms with Crippen LogP contribution in [0.4, 0.5) is 13.2 Å². The lowest BCUT2D eigenvalue weighted by atomic mass is 10.1. The second kappa shape index (κ2) is 8.11. The fourth-order valence-electron chi connectivity index (χ4n) is 2.50. The predicted molar refractivity (Wildman–Crippen MR) is 88.1 cm³/mol. The van der Waals surface area contributed by atoms with Crippen LogP contribution in [0.1, 0.15) is 16.7 Å². The Morgan fingerprint density at radius 2 is 1.60 bits per heavy atom. The summed E-state index contributed by atoms with van der Waals surface area (Å²) in [6.45, 7) is 0.696. The number of ether oxygens (including phenoxy) is 3. The first-order valence-corrected chi connectivity index (χ1v) is 7.55. The lowest BCUT2D eigenvalue weighted by molar-refractivity contribution is -0.137. The third kappa shape index (κ3) is 4.57. The molecule has 136 valence electrons. The van der Waals surface area contributed by atoms with Gasteiger partial charge in [0.15, 0.2) is 11.5 Å². The van der Waals surface area contributed by atoms with Gasteiger partial charge in [-0.05, 0) is 17.7 Å². The monoisotopic (exact) mass is 355 g/mol. The minimum Gasteiger partial charge on any atom is -0.493 e. The molecule has 0 aliphatic rings. The first-order valence-electron chi connectivity index (χ1n) is 7.55. The summed E-state index contributed by atoms with van der Waals surface area (Å²) in [7, 11) is 4.57. The van der Waals surface area contributed by atoms with Crippen LogP contribution in [0.15, 0.2) is 36.4 Å². The van der Waals surface area contributed by atoms with Crippen molar-refractivity contribution >= 4 is 0 Å². The van der Waals surface area contributed by atoms with Crippen LogP contribution in [0.2, 0.25) is 0 Å². The van der Waals surface area contributed by atoms with Gasteiger partial charge < -0.3 is 19.5 Å². The van der Waals surface area contributed by atoms with Gasteiger partial charge in [0.25, 0.3) is 0 Å². The molecule has 0 aromatic heterocycles. The van der Waals surface area contributed by atoms with Crippen LogP contribution in [-0.2, 0) is 19.3 Å². The summed E-state index contributed by atoms with van der Waals surface area (Å²) in [6, 6.07) is 8.81. The van der Waals surface area contributed by atoms with E-state index in [1.807, 2.05) is 6.07 Å². The Kier molecular flexibility index (Phi) is 6.14. The van der Waals surface area contributed by atoms with Gasteiger partial charge >= 0.3 is 6.18 Å². The Labute approximate surface area is 144 Å². The zero-order chi connectivity index (χ0) is 18.4. The maximum absolute atomic E-state index is 12.7. The molecule has 0 heterocycles. The van der Waals surface area contributed by atoms with Gasteiger partial charge in [0.2, 0.25) is 5.75 Å². The van der Waals surface area contributed by atoms with Crippen molar-refractivity contribution in [3.05, 3.63) is 53.1 Å². The van der Waals surface area contributed by atoms with E-state index in [-0.39, 0.29) is 0 Å². The lowest BCUT2D eigenvalue weighted by Gasteiger charge is -2.16. The molecule has 2 rings (SSSR count). The van der Waals surface area contributed by atoms with Gasteiger partial charge in [0, 0.05) is 18.7 Å². The minimum absolute atomic E-state index is 0.293. The second-order valence-electron chi connectivity index (χ2n) is 5.30. The number of alkyl halides is 3. The van der Waals surface area contributed by atoms with Crippen molar-refractivity contribution in [2.24, 2.45) is 0 Å². The van der Waals surface area contributed by atoms with Crippen LogP contribution in [0.25, 0.3) is 0 Å². The molecule has 2 aromatic rings. The number of hydrogen-bond donors (Lipinski definition) is 1. The Bertz CT molecular complexity index is 717. The van der Waals surface area contributed by atoms with E-state index >= 15 is 0 Å². The van der Waals surface area contributed by atoms with E-state index < -0.39 is 11.7 Å². The molecule has 0 saturated heterocycles. The summed E-state index contributed by atoms with van der Waals surface area (Å²) < 4.78 is 54.2. The molecular weight excluding hydrogens is 335 g/mol. The lowest BCUT2D eigenvalue weighted by Crippen LogP contribution is -2.14. The highest BCUT2D eigenvalue weighted by Gasteiger charge is 2.30. The molecule has 0 unspecified atom stereocenters. The maximum Gasteiger partial charge on any atom is 0.416 e. The van der Waals surface area contributed by atoms with E-state index in [2.05, 4.69) is 5.32 Å². The summed E-state index contributed by atoms with van der Waals surface area (Å²) in [5, 5.41) is 3.12. The van der Waals surface area contributed by atoms with Crippen LogP contribution < -0.4 is 19.5 Å². The molecule has 7 heteroatoms. The molecule has 0 saturated carbocycles. The molecule has 2 aromatic carbocycles. The Morgan fingerprint density at radius 3 is 2.20 bits per heavy atom. The van der Waals surface area contributed by atoms with Crippen LogP contribution in [-0.4, -0.2) is 21.3 Å². The Hall–Kier alpha value is -2.41. The van der Waals surface area contributed by atoms with E-state index in [1.165, 1.54) is 27.4 Å². The van der Waals surface area contributed by atoms with Crippen molar-refractivity contribution < 1.29 is 27.4 Å². The van der Waals surface area contributed by atoms with E-state index in [0.29, 0.717) is 35.9 Å². The number of nitrogens with one attached hydrogen (secondary N) is 1. The standard InChI is InChI=1S/C18H20F3NO3/c1-23-15-8-7-13(16(24-2)17(15)25-3)11-22-10-12-5-4-6-14(9-12)18(19,20)21/h4-9,22H,10-11H2,1-3H3. The topological polar surface area (TPSA) is 39.7 Å². The Balaban J connectivity index is 2.10. The van der Waals surface area contributed by atoms with E-state index in [0.717, 1.165) is 17.7 Å². The Morgan fingerprint density at radius 1 is 0.880 bits per heavy atom. The van der Waals surface area contributed by atoms with Gasteiger partial charge in [-0.15, -0.1) is 0 Å². The molecule has 1 N–H and O–H groups in total. The zero-order valence-electron chi connectivity index (χ0n) is 14.2. The van der Waals surface area contributed by atoms with Crippen molar-refractivity contribution in [2.75, 3.05) is 21.3 Å². The molecule has 0 spiro atoms. The van der Waals surface area contributed by atoms with Crippen LogP contribution in [0.3, 0.4) is 0 Å². The highest BCUT2D eigenvalue weighted by atomic mass is 19.4. The summed E-state index contributed by atoms with van der Waals surface area (Å²) in [5.41, 5.74) is 0.705. The van der Waals surface area contributed by atoms with Gasteiger partial charge in [0.05, 0.1) is 26.9 Å². The first-order chi connectivity index (χ1) is 11.9. The van der Waals surface area contributed by atoms with Gasteiger partial charge in [-0.3, -0.25) is 0 Å². The predicted octanol–water partition coefficient (Wildman–Crippen LogP) is 4.02. The number of halogens is 3. The quantitative estimate of drug-likeness (QED) is 0.814. The fourth-order valence-corrected chi connectivity index (χ4v) is 2.50. The summed E-state index contributed by atoms with van der Waals surface area (Å²) in [5.74, 6) is 1.54. The minimum atomic E-state index is -4.34. The summed E-state index contributed by atoms with van der Waals surface area (Å²) in [6.07, 6.45) is -4.34. The average molecular weight is 355 g/mol. The SMILES string of the molecule is COc1ccc(CNCc2cccc(C(F)(F)F)c2)c(OC)c1OC. The maximum atomic E-state index is 12.7. The first kappa shape index (κ1) is 18.9. The van der Waals surface area contributed by atoms with Gasteiger partial charge in [-0.2, -0.15) is 13.2 Å². The second-order valence-corrected chi connectivity index (χ2v) is 5.30. The van der Waals surface area contributed by atoms with Gasteiger partial charge in [-0.1, -0.05) is 24.3 Å². The number of hydrogen-bond acceptors (Lipinski definition) is 4. The van der Waals surface area contributed by atoms with Crippen molar-refractivity contribution in [3.8, 4) is 17.2 Å². The number of benzene rings is 2. The molecule has 0 aliphatic carbocycles. The number of rotatable bonds is 7. The van der Waals surface area contributed by atoms with Crippen molar-refractivity contribution in [1.29, 1.82) is 0 Å². The molecule has 4 nitrogen and oxygen atoms in total. The molecule has 0 bridgehead atoms. The van der Waals surface area contributed by atoms with Crippen LogP contribution >= 0.6 is 0 Å². The normalized spacial score (nSPS) is 11.3. The summed E-state index contributed by atoms with van der Waals surface area (Å²) >= 11 is 0. The molecule has 0 fully saturated rings. The molecular formula is C18H20F3NO3. The molecule has 25 heavy (non-hydrogen) atoms. The molecule has 0 aliphatic heterocycles. The number of methoxy groups -OCH3 is 3. The van der Waals surface area contributed by atoms with E-state index in [9.17, 15) is 13.2 Å². The van der Waals surface area contributed by atoms with E-state index in [4.69, 9.17) is 14.2 Å². The highest BCUT2D eigenvalue weighted by molar-refractivity contribution is 5.55. The molecule has 0 atom stereocenters. The van der Waals surface area contributed by atoms with Crippen molar-refractivity contribution in [3.63, 3.8) is 0 Å². The highest BCUT2D eigenvalue weighted by Crippen LogP contribution is 2.39. The average Bonchev–Trinajstić information content (AvgIpc) is 2.60. The van der Waals surface area contributed by atoms with Crippen molar-refractivity contribution in [2.45, 2.75) is 19.3 Å². The van der Waals surface area contributed by atoms with E-state index in [1.54, 1.807) is 12.1 Å². The fraction of sp³-hybridized carbons (Fsp3) is 0.333. The van der Waals surface area contributed by atoms with Gasteiger partial charge in [0.1, 0.15) is 0 Å². The third-order valence-electron chi connectivity index (χ3n) is 3.68. The van der Waals surface area contributed by atoms with Crippen molar-refractivity contribution in [1.82, 2.24) is 5.32 Å². The summed E-state index contributed by atoms with van der Waals surface area (Å²) in [4.78, 5) is 0. The third-order valence-corrected chi connectivity index (χ3v) is 3.68.